The van der Waals surface area contributed by atoms with Crippen LogP contribution in [0.3, 0.4) is 0 Å². The van der Waals surface area contributed by atoms with E-state index < -0.39 is 0 Å². The molecule has 60 valence electrons. The third-order valence-electron chi connectivity index (χ3n) is 2.52. The van der Waals surface area contributed by atoms with Gasteiger partial charge in [0.25, 0.3) is 0 Å². The van der Waals surface area contributed by atoms with Crippen LogP contribution >= 0.6 is 0 Å². The van der Waals surface area contributed by atoms with E-state index in [2.05, 4.69) is 39.2 Å². The summed E-state index contributed by atoms with van der Waals surface area (Å²) in [4.78, 5) is 0. The molecule has 1 unspecified atom stereocenters. The summed E-state index contributed by atoms with van der Waals surface area (Å²) in [5, 5.41) is 0. The molecule has 0 fully saturated rings. The summed E-state index contributed by atoms with van der Waals surface area (Å²) in [6.07, 6.45) is 5.36. The van der Waals surface area contributed by atoms with Crippen LogP contribution in [0.15, 0.2) is 36.5 Å². The number of rotatable bonds is 2. The smallest absolute Gasteiger partial charge is 0.0103 e. The lowest BCUT2D eigenvalue weighted by Gasteiger charge is -2.19. The molecule has 1 aliphatic carbocycles. The van der Waals surface area contributed by atoms with Gasteiger partial charge in [-0.25, -0.2) is 0 Å². The van der Waals surface area contributed by atoms with Gasteiger partial charge in [0, 0.05) is 5.92 Å². The molecule has 0 heterocycles. The average molecular weight is 148 g/mol. The second kappa shape index (κ2) is 3.08. The van der Waals surface area contributed by atoms with Crippen molar-refractivity contribution in [1.29, 1.82) is 0 Å². The zero-order valence-electron chi connectivity index (χ0n) is 7.43. The standard InChI is InChI=1S/C11H16/c1-5-8(2)11-9(3)6-7-10(11)4/h6-8,11H,3-5H2,1-2H3. The molecule has 0 aliphatic heterocycles. The predicted molar refractivity (Wildman–Crippen MR) is 50.4 cm³/mol. The first-order valence-corrected chi connectivity index (χ1v) is 4.22. The van der Waals surface area contributed by atoms with E-state index in [0.29, 0.717) is 11.8 Å². The van der Waals surface area contributed by atoms with E-state index in [0.717, 1.165) is 0 Å². The molecule has 11 heavy (non-hydrogen) atoms. The number of hydrogen-bond donors (Lipinski definition) is 0. The van der Waals surface area contributed by atoms with Gasteiger partial charge in [-0.2, -0.15) is 0 Å². The highest BCUT2D eigenvalue weighted by Crippen LogP contribution is 2.34. The van der Waals surface area contributed by atoms with Gasteiger partial charge in [-0.3, -0.25) is 0 Å². The van der Waals surface area contributed by atoms with Gasteiger partial charge >= 0.3 is 0 Å². The van der Waals surface area contributed by atoms with Crippen molar-refractivity contribution in [1.82, 2.24) is 0 Å². The third kappa shape index (κ3) is 1.45. The Balaban J connectivity index is 2.73. The van der Waals surface area contributed by atoms with Crippen LogP contribution in [-0.4, -0.2) is 0 Å². The Hall–Kier alpha value is -0.780. The SMILES string of the molecule is C=C1C=CC(=C)C1C(C)CC. The van der Waals surface area contributed by atoms with Crippen molar-refractivity contribution >= 4 is 0 Å². The van der Waals surface area contributed by atoms with E-state index in [4.69, 9.17) is 0 Å². The Bertz CT molecular complexity index is 190. The fraction of sp³-hybridized carbons (Fsp3) is 0.455. The molecule has 0 aromatic heterocycles. The lowest BCUT2D eigenvalue weighted by atomic mass is 9.85. The van der Waals surface area contributed by atoms with Crippen molar-refractivity contribution in [3.8, 4) is 0 Å². The monoisotopic (exact) mass is 148 g/mol. The van der Waals surface area contributed by atoms with E-state index in [1.807, 2.05) is 0 Å². The number of hydrogen-bond acceptors (Lipinski definition) is 0. The van der Waals surface area contributed by atoms with Gasteiger partial charge in [-0.15, -0.1) is 0 Å². The van der Waals surface area contributed by atoms with E-state index in [1.54, 1.807) is 0 Å². The highest BCUT2D eigenvalue weighted by atomic mass is 14.3. The highest BCUT2D eigenvalue weighted by molar-refractivity contribution is 5.41. The minimum absolute atomic E-state index is 0.514. The molecule has 1 rings (SSSR count). The molecule has 0 aromatic rings. The maximum Gasteiger partial charge on any atom is 0.0103 e. The van der Waals surface area contributed by atoms with Crippen molar-refractivity contribution in [2.24, 2.45) is 11.8 Å². The molecule has 0 spiro atoms. The summed E-state index contributed by atoms with van der Waals surface area (Å²) >= 11 is 0. The Labute approximate surface area is 69.3 Å². The molecule has 0 N–H and O–H groups in total. The van der Waals surface area contributed by atoms with Crippen LogP contribution in [0.25, 0.3) is 0 Å². The summed E-state index contributed by atoms with van der Waals surface area (Å²) in [6.45, 7) is 12.5. The normalized spacial score (nSPS) is 21.3. The van der Waals surface area contributed by atoms with Gasteiger partial charge in [0.05, 0.1) is 0 Å². The van der Waals surface area contributed by atoms with Crippen molar-refractivity contribution in [2.75, 3.05) is 0 Å². The molecule has 0 radical (unpaired) electrons. The van der Waals surface area contributed by atoms with Gasteiger partial charge in [0.2, 0.25) is 0 Å². The summed E-state index contributed by atoms with van der Waals surface area (Å²) in [5.74, 6) is 1.20. The van der Waals surface area contributed by atoms with Crippen LogP contribution in [0, 0.1) is 11.8 Å². The van der Waals surface area contributed by atoms with Crippen LogP contribution in [0.1, 0.15) is 20.3 Å². The molecule has 0 aromatic carbocycles. The van der Waals surface area contributed by atoms with Gasteiger partial charge in [0.15, 0.2) is 0 Å². The lowest BCUT2D eigenvalue weighted by molar-refractivity contribution is 0.466. The van der Waals surface area contributed by atoms with Crippen LogP contribution in [-0.2, 0) is 0 Å². The lowest BCUT2D eigenvalue weighted by Crippen LogP contribution is -2.10. The molecular formula is C11H16. The first kappa shape index (κ1) is 8.32. The summed E-state index contributed by atoms with van der Waals surface area (Å²) in [6, 6.07) is 0. The Morgan fingerprint density at radius 1 is 1.36 bits per heavy atom. The largest absolute Gasteiger partial charge is 0.0952 e. The van der Waals surface area contributed by atoms with Crippen molar-refractivity contribution in [3.05, 3.63) is 36.5 Å². The topological polar surface area (TPSA) is 0 Å². The maximum atomic E-state index is 4.01. The molecule has 1 aliphatic rings. The first-order valence-electron chi connectivity index (χ1n) is 4.22. The minimum Gasteiger partial charge on any atom is -0.0952 e. The van der Waals surface area contributed by atoms with Crippen molar-refractivity contribution in [2.45, 2.75) is 20.3 Å². The third-order valence-corrected chi connectivity index (χ3v) is 2.52. The van der Waals surface area contributed by atoms with Crippen LogP contribution in [0.4, 0.5) is 0 Å². The molecule has 0 bridgehead atoms. The second-order valence-electron chi connectivity index (χ2n) is 3.35. The zero-order chi connectivity index (χ0) is 8.43. The van der Waals surface area contributed by atoms with Gasteiger partial charge in [0.1, 0.15) is 0 Å². The fourth-order valence-corrected chi connectivity index (χ4v) is 1.63. The molecule has 1 atom stereocenters. The van der Waals surface area contributed by atoms with E-state index in [9.17, 15) is 0 Å². The van der Waals surface area contributed by atoms with E-state index in [1.165, 1.54) is 17.6 Å². The van der Waals surface area contributed by atoms with Gasteiger partial charge in [-0.1, -0.05) is 45.6 Å². The Morgan fingerprint density at radius 3 is 2.18 bits per heavy atom. The molecule has 0 saturated carbocycles. The molecule has 0 heteroatoms. The summed E-state index contributed by atoms with van der Waals surface area (Å²) in [5.41, 5.74) is 2.45. The maximum absolute atomic E-state index is 4.01. The zero-order valence-corrected chi connectivity index (χ0v) is 7.43. The van der Waals surface area contributed by atoms with Crippen molar-refractivity contribution < 1.29 is 0 Å². The number of allylic oxidation sites excluding steroid dienone is 4. The van der Waals surface area contributed by atoms with Crippen LogP contribution in [0.2, 0.25) is 0 Å². The first-order chi connectivity index (χ1) is 5.16. The quantitative estimate of drug-likeness (QED) is 0.563. The second-order valence-corrected chi connectivity index (χ2v) is 3.35. The predicted octanol–water partition coefficient (Wildman–Crippen LogP) is 3.33. The molecular weight excluding hydrogens is 132 g/mol. The molecule has 0 saturated heterocycles. The molecule has 0 amide bonds. The van der Waals surface area contributed by atoms with Crippen LogP contribution in [0.5, 0.6) is 0 Å². The highest BCUT2D eigenvalue weighted by Gasteiger charge is 2.22. The average Bonchev–Trinajstić information content (AvgIpc) is 2.30. The van der Waals surface area contributed by atoms with Crippen molar-refractivity contribution in [3.63, 3.8) is 0 Å². The fourth-order valence-electron chi connectivity index (χ4n) is 1.63. The summed E-state index contributed by atoms with van der Waals surface area (Å²) in [7, 11) is 0. The molecule has 0 nitrogen and oxygen atoms in total. The Kier molecular flexibility index (Phi) is 2.33. The Morgan fingerprint density at radius 2 is 1.82 bits per heavy atom. The van der Waals surface area contributed by atoms with Gasteiger partial charge in [-0.05, 0) is 17.1 Å². The summed E-state index contributed by atoms with van der Waals surface area (Å²) < 4.78 is 0. The van der Waals surface area contributed by atoms with Gasteiger partial charge < -0.3 is 0 Å². The van der Waals surface area contributed by atoms with E-state index >= 15 is 0 Å². The van der Waals surface area contributed by atoms with Crippen LogP contribution < -0.4 is 0 Å². The van der Waals surface area contributed by atoms with E-state index in [-0.39, 0.29) is 0 Å². The minimum atomic E-state index is 0.514.